The maximum absolute atomic E-state index is 14.0. The van der Waals surface area contributed by atoms with Crippen LogP contribution in [-0.4, -0.2) is 112 Å². The number of aromatic nitrogens is 1. The number of benzene rings is 3. The molecule has 0 radical (unpaired) electrons. The summed E-state index contributed by atoms with van der Waals surface area (Å²) in [5, 5.41) is 30.6. The molecular weight excluding hydrogens is 906 g/mol. The van der Waals surface area contributed by atoms with E-state index in [0.29, 0.717) is 46.4 Å². The van der Waals surface area contributed by atoms with Crippen LogP contribution in [0.2, 0.25) is 5.02 Å². The van der Waals surface area contributed by atoms with Crippen LogP contribution in [-0.2, 0) is 14.4 Å². The summed E-state index contributed by atoms with van der Waals surface area (Å²) in [7, 11) is 0. The van der Waals surface area contributed by atoms with Crippen LogP contribution in [0.4, 0.5) is 0 Å². The molecule has 4 atom stereocenters. The minimum atomic E-state index is -0.909. The van der Waals surface area contributed by atoms with Gasteiger partial charge in [-0.2, -0.15) is 5.26 Å². The summed E-state index contributed by atoms with van der Waals surface area (Å²) in [5.41, 5.74) is 2.47. The number of amides is 4. The predicted octanol–water partition coefficient (Wildman–Crippen LogP) is 7.04. The summed E-state index contributed by atoms with van der Waals surface area (Å²) in [6, 6.07) is 24.2. The summed E-state index contributed by atoms with van der Waals surface area (Å²) in [6.45, 7) is 16.9. The number of carbonyl (C=O) groups excluding carboxylic acids is 4. The third kappa shape index (κ3) is 10.6. The SMILES string of the molecule is Cc1cc([C@H](C(=O)N2C[C@H](O)C[C@H]2C(=O)N[C@@H](CC(=O)N2CC(N3CCC(C#Cc4ccc(C(=O)NC5C(C)(C)C(Oc6ccc(C#N)c(Cl)c6)C5(C)C)cc4)CC3)C2)c2ccccc2)C(C)C)on1. The molecule has 14 nitrogen and oxygen atoms in total. The molecule has 1 aromatic heterocycles. The Morgan fingerprint density at radius 1 is 0.957 bits per heavy atom. The van der Waals surface area contributed by atoms with E-state index in [1.165, 1.54) is 4.90 Å². The Hall–Kier alpha value is -6.19. The number of nitrogens with zero attached hydrogens (tertiary/aromatic N) is 5. The van der Waals surface area contributed by atoms with Crippen molar-refractivity contribution < 1.29 is 33.5 Å². The van der Waals surface area contributed by atoms with Gasteiger partial charge in [0.2, 0.25) is 17.7 Å². The number of aryl methyl sites for hydroxylation is 1. The average molecular weight is 971 g/mol. The summed E-state index contributed by atoms with van der Waals surface area (Å²) < 4.78 is 11.9. The lowest BCUT2D eigenvalue weighted by molar-refractivity contribution is -0.164. The van der Waals surface area contributed by atoms with Crippen LogP contribution in [0.5, 0.6) is 5.75 Å². The normalized spacial score (nSPS) is 22.9. The molecule has 3 N–H and O–H groups in total. The van der Waals surface area contributed by atoms with Crippen molar-refractivity contribution in [3.8, 4) is 23.7 Å². The van der Waals surface area contributed by atoms with Crippen molar-refractivity contribution in [3.63, 3.8) is 0 Å². The summed E-state index contributed by atoms with van der Waals surface area (Å²) >= 11 is 6.26. The third-order valence-electron chi connectivity index (χ3n) is 14.9. The topological polar surface area (TPSA) is 181 Å². The molecule has 70 heavy (non-hydrogen) atoms. The molecule has 4 heterocycles. The lowest BCUT2D eigenvalue weighted by Crippen LogP contribution is -2.74. The lowest BCUT2D eigenvalue weighted by atomic mass is 9.49. The monoisotopic (exact) mass is 969 g/mol. The summed E-state index contributed by atoms with van der Waals surface area (Å²) in [6.07, 6.45) is 0.923. The highest BCUT2D eigenvalue weighted by atomic mass is 35.5. The fraction of sp³-hybridized carbons (Fsp3) is 0.491. The van der Waals surface area contributed by atoms with Gasteiger partial charge in [-0.05, 0) is 80.7 Å². The van der Waals surface area contributed by atoms with Crippen molar-refractivity contribution in [2.45, 2.75) is 116 Å². The second kappa shape index (κ2) is 20.6. The zero-order chi connectivity index (χ0) is 50.1. The first-order valence-electron chi connectivity index (χ1n) is 24.4. The highest BCUT2D eigenvalue weighted by Crippen LogP contribution is 2.55. The molecule has 4 amide bonds. The Bertz CT molecular complexity index is 2660. The Balaban J connectivity index is 0.798. The molecule has 0 bridgehead atoms. The molecule has 368 valence electrons. The van der Waals surface area contributed by atoms with Crippen LogP contribution >= 0.6 is 11.6 Å². The molecule has 1 aliphatic carbocycles. The number of hydrogen-bond acceptors (Lipinski definition) is 10. The van der Waals surface area contributed by atoms with Crippen LogP contribution in [0.25, 0.3) is 0 Å². The highest BCUT2D eigenvalue weighted by molar-refractivity contribution is 6.31. The molecule has 0 spiro atoms. The van der Waals surface area contributed by atoms with Gasteiger partial charge in [-0.15, -0.1) is 0 Å². The number of halogens is 1. The number of ether oxygens (including phenoxy) is 1. The number of carbonyl (C=O) groups is 4. The quantitative estimate of drug-likeness (QED) is 0.118. The highest BCUT2D eigenvalue weighted by Gasteiger charge is 2.64. The molecule has 1 saturated carbocycles. The molecule has 4 fully saturated rings. The molecule has 4 aliphatic rings. The van der Waals surface area contributed by atoms with E-state index in [9.17, 15) is 29.5 Å². The van der Waals surface area contributed by atoms with Gasteiger partial charge in [0.15, 0.2) is 0 Å². The smallest absolute Gasteiger partial charge is 0.251 e. The van der Waals surface area contributed by atoms with Crippen molar-refractivity contribution in [1.29, 1.82) is 5.26 Å². The molecule has 3 aromatic carbocycles. The summed E-state index contributed by atoms with van der Waals surface area (Å²) in [5.74, 6) is 6.29. The van der Waals surface area contributed by atoms with Crippen LogP contribution < -0.4 is 15.4 Å². The van der Waals surface area contributed by atoms with Gasteiger partial charge in [-0.1, -0.05) is 100 Å². The fourth-order valence-electron chi connectivity index (χ4n) is 11.3. The predicted molar refractivity (Wildman–Crippen MR) is 264 cm³/mol. The van der Waals surface area contributed by atoms with E-state index in [2.05, 4.69) is 66.3 Å². The van der Waals surface area contributed by atoms with Crippen LogP contribution in [0.1, 0.15) is 118 Å². The Morgan fingerprint density at radius 3 is 2.26 bits per heavy atom. The standard InChI is InChI=1S/C55H64ClN7O7/c1-33(2)48(46-25-34(3)60-70-46)51(68)63-32-41(64)26-45(63)50(67)58-44(37-11-9-8-10-12-37)28-47(65)62-30-40(31-62)61-23-21-36(22-24-61)14-13-35-15-17-38(18-16-35)49(66)59-52-54(4,5)53(55(52,6)7)69-42-20-19-39(29-57)43(56)27-42/h8-12,15-20,25,27,33,36,40-41,44-45,48,52-53,64H,21-24,26,28,30-32H2,1-7H3,(H,58,67)(H,59,66)/t41-,44+,45+,48-,52?,53?/m1/s1. The Kier molecular flexibility index (Phi) is 14.8. The van der Waals surface area contributed by atoms with Gasteiger partial charge >= 0.3 is 0 Å². The first kappa shape index (κ1) is 50.2. The van der Waals surface area contributed by atoms with Crippen molar-refractivity contribution in [1.82, 2.24) is 30.5 Å². The van der Waals surface area contributed by atoms with E-state index in [4.69, 9.17) is 20.9 Å². The Morgan fingerprint density at radius 2 is 1.64 bits per heavy atom. The summed E-state index contributed by atoms with van der Waals surface area (Å²) in [4.78, 5) is 61.1. The molecule has 15 heteroatoms. The second-order valence-corrected chi connectivity index (χ2v) is 21.5. The number of likely N-dealkylation sites (tertiary alicyclic amines) is 3. The van der Waals surface area contributed by atoms with Gasteiger partial charge in [0.25, 0.3) is 5.91 Å². The number of rotatable bonds is 13. The van der Waals surface area contributed by atoms with Crippen molar-refractivity contribution in [3.05, 3.63) is 118 Å². The van der Waals surface area contributed by atoms with Crippen LogP contribution in [0.3, 0.4) is 0 Å². The number of hydrogen-bond donors (Lipinski definition) is 3. The molecular formula is C55H64ClN7O7. The maximum atomic E-state index is 14.0. The molecule has 3 saturated heterocycles. The van der Waals surface area contributed by atoms with E-state index in [0.717, 1.165) is 37.1 Å². The van der Waals surface area contributed by atoms with Gasteiger partial charge in [-0.3, -0.25) is 24.1 Å². The van der Waals surface area contributed by atoms with Gasteiger partial charge in [-0.25, -0.2) is 0 Å². The van der Waals surface area contributed by atoms with Crippen LogP contribution in [0.15, 0.2) is 83.4 Å². The Labute approximate surface area is 416 Å². The number of aliphatic hydroxyl groups is 1. The minimum Gasteiger partial charge on any atom is -0.489 e. The number of piperidine rings is 1. The minimum absolute atomic E-state index is 0.0234. The van der Waals surface area contributed by atoms with E-state index < -0.39 is 30.0 Å². The van der Waals surface area contributed by atoms with Crippen molar-refractivity contribution in [2.24, 2.45) is 22.7 Å². The lowest BCUT2D eigenvalue weighted by Gasteiger charge is -2.63. The first-order valence-corrected chi connectivity index (χ1v) is 24.8. The number of nitrogens with one attached hydrogen (secondary N) is 2. The molecule has 3 aliphatic heterocycles. The largest absolute Gasteiger partial charge is 0.489 e. The first-order chi connectivity index (χ1) is 33.3. The average Bonchev–Trinajstić information content (AvgIpc) is 3.93. The molecule has 0 unspecified atom stereocenters. The van der Waals surface area contributed by atoms with E-state index in [1.807, 2.05) is 73.3 Å². The second-order valence-electron chi connectivity index (χ2n) is 21.1. The molecule has 4 aromatic rings. The van der Waals surface area contributed by atoms with E-state index in [-0.39, 0.29) is 78.0 Å². The van der Waals surface area contributed by atoms with Crippen molar-refractivity contribution in [2.75, 3.05) is 32.7 Å². The zero-order valence-corrected chi connectivity index (χ0v) is 41.8. The number of nitriles is 1. The van der Waals surface area contributed by atoms with E-state index in [1.54, 1.807) is 31.2 Å². The van der Waals surface area contributed by atoms with Gasteiger partial charge < -0.3 is 34.8 Å². The zero-order valence-electron chi connectivity index (χ0n) is 41.1. The van der Waals surface area contributed by atoms with Gasteiger partial charge in [0.05, 0.1) is 34.8 Å². The van der Waals surface area contributed by atoms with E-state index >= 15 is 0 Å². The molecule has 8 rings (SSSR count). The van der Waals surface area contributed by atoms with Crippen LogP contribution in [0, 0.1) is 52.8 Å². The number of β-amino-alcohol motifs (C(OH)–C–C–N with tert-alkyl or cyclic N) is 1. The fourth-order valence-corrected chi connectivity index (χ4v) is 11.5. The third-order valence-corrected chi connectivity index (χ3v) is 15.2. The van der Waals surface area contributed by atoms with Crippen molar-refractivity contribution >= 4 is 35.2 Å². The van der Waals surface area contributed by atoms with Gasteiger partial charge in [0.1, 0.15) is 35.6 Å². The maximum Gasteiger partial charge on any atom is 0.251 e. The van der Waals surface area contributed by atoms with Gasteiger partial charge in [0, 0.05) is 78.1 Å². The number of aliphatic hydroxyl groups excluding tert-OH is 1.